The van der Waals surface area contributed by atoms with E-state index in [1.807, 2.05) is 24.3 Å². The number of carboxylic acids is 1. The van der Waals surface area contributed by atoms with Crippen molar-refractivity contribution in [2.24, 2.45) is 5.73 Å². The predicted octanol–water partition coefficient (Wildman–Crippen LogP) is 0.748. The topological polar surface area (TPSA) is 181 Å². The van der Waals surface area contributed by atoms with Crippen LogP contribution in [0.3, 0.4) is 0 Å². The molecule has 3 fully saturated rings. The first-order chi connectivity index (χ1) is 22.2. The highest BCUT2D eigenvalue weighted by Crippen LogP contribution is 2.43. The van der Waals surface area contributed by atoms with Crippen LogP contribution in [-0.4, -0.2) is 101 Å². The van der Waals surface area contributed by atoms with Crippen molar-refractivity contribution < 1.29 is 38.6 Å². The third-order valence-electron chi connectivity index (χ3n) is 8.36. The largest absolute Gasteiger partial charge is 0.477 e. The minimum absolute atomic E-state index is 0.00613. The molecule has 5 N–H and O–H groups in total. The van der Waals surface area contributed by atoms with E-state index in [0.29, 0.717) is 26.1 Å². The van der Waals surface area contributed by atoms with Gasteiger partial charge in [0.05, 0.1) is 12.1 Å². The molecule has 2 amide bonds. The van der Waals surface area contributed by atoms with Crippen LogP contribution in [0.2, 0.25) is 0 Å². The molecule has 0 aliphatic carbocycles. The number of β-lactam (4-membered cyclic amide) rings is 1. The third-order valence-corrected chi connectivity index (χ3v) is 9.67. The number of hydrogen-bond donors (Lipinski definition) is 4. The minimum atomic E-state index is -1.38. The molecular weight excluding hydrogens is 614 g/mol. The van der Waals surface area contributed by atoms with Crippen LogP contribution in [-0.2, 0) is 40.0 Å². The maximum atomic E-state index is 13.9. The lowest BCUT2D eigenvalue weighted by atomic mass is 9.95. The molecule has 0 radical (unpaired) electrons. The number of fused-ring (bicyclic) bond motifs is 1. The number of nitrogens with one attached hydrogen (secondary N) is 2. The smallest absolute Gasteiger partial charge is 0.352 e. The van der Waals surface area contributed by atoms with Crippen molar-refractivity contribution in [3.8, 4) is 0 Å². The number of aliphatic carboxylic acids is 1. The van der Waals surface area contributed by atoms with Gasteiger partial charge in [0, 0.05) is 48.6 Å². The molecule has 0 unspecified atom stereocenters. The van der Waals surface area contributed by atoms with Gasteiger partial charge in [-0.05, 0) is 24.0 Å². The second-order valence-electron chi connectivity index (χ2n) is 11.2. The first kappa shape index (κ1) is 33.1. The molecule has 0 saturated carbocycles. The van der Waals surface area contributed by atoms with Crippen LogP contribution in [0.15, 0.2) is 72.0 Å². The van der Waals surface area contributed by atoms with Gasteiger partial charge in [-0.3, -0.25) is 19.3 Å². The van der Waals surface area contributed by atoms with E-state index in [1.165, 1.54) is 23.9 Å². The SMILES string of the molecule is C=CCOC(=O)CNCc1ccc([C@H]2C[C@H](N3CC/C(=C(\C(=O)OCC=C)C4=C(C(=O)O)N5C(=O)[C@@H](N)[C@H]5SC4)C3=O)CN2)cc1. The van der Waals surface area contributed by atoms with Crippen molar-refractivity contribution in [1.82, 2.24) is 20.4 Å². The highest BCUT2D eigenvalue weighted by Gasteiger charge is 2.53. The second kappa shape index (κ2) is 14.5. The third kappa shape index (κ3) is 6.65. The summed E-state index contributed by atoms with van der Waals surface area (Å²) >= 11 is 1.25. The maximum absolute atomic E-state index is 13.9. The number of esters is 2. The fraction of sp³-hybridized carbons (Fsp3) is 0.406. The van der Waals surface area contributed by atoms with E-state index < -0.39 is 29.3 Å². The molecule has 3 saturated heterocycles. The van der Waals surface area contributed by atoms with E-state index in [0.717, 1.165) is 16.0 Å². The van der Waals surface area contributed by atoms with Gasteiger partial charge in [0.1, 0.15) is 30.3 Å². The van der Waals surface area contributed by atoms with E-state index in [9.17, 15) is 29.1 Å². The molecule has 0 bridgehead atoms. The Morgan fingerprint density at radius 3 is 2.54 bits per heavy atom. The molecule has 0 spiro atoms. The molecule has 4 aliphatic rings. The van der Waals surface area contributed by atoms with E-state index in [-0.39, 0.29) is 78.3 Å². The number of hydrogen-bond acceptors (Lipinski definition) is 11. The number of thioether (sulfide) groups is 1. The minimum Gasteiger partial charge on any atom is -0.477 e. The number of nitrogens with zero attached hydrogens (tertiary/aromatic N) is 2. The van der Waals surface area contributed by atoms with Crippen molar-refractivity contribution in [1.29, 1.82) is 0 Å². The number of carboxylic acid groups (broad SMARTS) is 1. The van der Waals surface area contributed by atoms with Gasteiger partial charge in [-0.1, -0.05) is 49.6 Å². The molecule has 4 heterocycles. The number of carbonyl (C=O) groups is 5. The fourth-order valence-corrected chi connectivity index (χ4v) is 7.43. The molecule has 4 atom stereocenters. The summed E-state index contributed by atoms with van der Waals surface area (Å²) in [5, 5.41) is 16.1. The summed E-state index contributed by atoms with van der Waals surface area (Å²) in [6.07, 6.45) is 3.76. The summed E-state index contributed by atoms with van der Waals surface area (Å²) in [7, 11) is 0. The first-order valence-electron chi connectivity index (χ1n) is 14.9. The summed E-state index contributed by atoms with van der Waals surface area (Å²) in [5.74, 6) is -3.39. The van der Waals surface area contributed by atoms with Gasteiger partial charge in [-0.25, -0.2) is 9.59 Å². The second-order valence-corrected chi connectivity index (χ2v) is 12.3. The quantitative estimate of drug-likeness (QED) is 0.102. The summed E-state index contributed by atoms with van der Waals surface area (Å²) < 4.78 is 10.3. The zero-order valence-corrected chi connectivity index (χ0v) is 26.1. The highest BCUT2D eigenvalue weighted by atomic mass is 32.2. The average Bonchev–Trinajstić information content (AvgIpc) is 3.69. The lowest BCUT2D eigenvalue weighted by Crippen LogP contribution is -2.68. The van der Waals surface area contributed by atoms with Crippen molar-refractivity contribution >= 4 is 41.5 Å². The van der Waals surface area contributed by atoms with E-state index in [4.69, 9.17) is 15.2 Å². The molecule has 1 aromatic carbocycles. The Hall–Kier alpha value is -4.24. The molecular formula is C32H37N5O8S. The van der Waals surface area contributed by atoms with Crippen LogP contribution in [0.25, 0.3) is 0 Å². The van der Waals surface area contributed by atoms with Crippen LogP contribution in [0.5, 0.6) is 0 Å². The normalized spacial score (nSPS) is 25.2. The summed E-state index contributed by atoms with van der Waals surface area (Å²) in [5.41, 5.74) is 7.75. The number of amides is 2. The summed E-state index contributed by atoms with van der Waals surface area (Å²) in [4.78, 5) is 66.7. The van der Waals surface area contributed by atoms with Crippen LogP contribution in [0.4, 0.5) is 0 Å². The number of likely N-dealkylation sites (tertiary alicyclic amines) is 1. The van der Waals surface area contributed by atoms with Gasteiger partial charge in [0.15, 0.2) is 0 Å². The standard InChI is InChI=1S/C32H37N5O8S/c1-3-11-44-24(38)16-34-14-18-5-7-19(8-6-18)23-13-20(15-35-23)36-10-9-21(28(36)39)25(32(43)45-12-4-2)22-17-46-30-26(33)29(40)37(30)27(22)31(41)42/h3-8,20,23,26,30,34-35H,1-2,9-17,33H2,(H,41,42)/b25-21+/t20-,23+,26+,30+/m0/s1. The predicted molar refractivity (Wildman–Crippen MR) is 169 cm³/mol. The van der Waals surface area contributed by atoms with Gasteiger partial charge in [-0.2, -0.15) is 0 Å². The van der Waals surface area contributed by atoms with Crippen LogP contribution in [0, 0.1) is 0 Å². The summed E-state index contributed by atoms with van der Waals surface area (Å²) in [6.45, 7) is 8.61. The fourth-order valence-electron chi connectivity index (χ4n) is 6.12. The molecule has 46 heavy (non-hydrogen) atoms. The lowest BCUT2D eigenvalue weighted by molar-refractivity contribution is -0.148. The number of rotatable bonds is 13. The van der Waals surface area contributed by atoms with Crippen molar-refractivity contribution in [2.45, 2.75) is 42.9 Å². The number of ether oxygens (including phenoxy) is 2. The van der Waals surface area contributed by atoms with Crippen LogP contribution in [0.1, 0.15) is 30.0 Å². The van der Waals surface area contributed by atoms with Gasteiger partial charge in [-0.15, -0.1) is 11.8 Å². The Kier molecular flexibility index (Phi) is 10.4. The van der Waals surface area contributed by atoms with Crippen LogP contribution >= 0.6 is 11.8 Å². The maximum Gasteiger partial charge on any atom is 0.352 e. The molecule has 4 aliphatic heterocycles. The van der Waals surface area contributed by atoms with Gasteiger partial charge < -0.3 is 35.8 Å². The first-order valence-corrected chi connectivity index (χ1v) is 16.0. The van der Waals surface area contributed by atoms with Gasteiger partial charge >= 0.3 is 17.9 Å². The molecule has 14 heteroatoms. The van der Waals surface area contributed by atoms with Crippen LogP contribution < -0.4 is 16.4 Å². The number of carbonyl (C=O) groups excluding carboxylic acids is 4. The zero-order valence-electron chi connectivity index (χ0n) is 25.2. The number of benzene rings is 1. The number of nitrogens with two attached hydrogens (primary N) is 1. The molecule has 1 aromatic rings. The molecule has 13 nitrogen and oxygen atoms in total. The van der Waals surface area contributed by atoms with Crippen molar-refractivity contribution in [3.63, 3.8) is 0 Å². The Labute approximate surface area is 270 Å². The Balaban J connectivity index is 1.30. The molecule has 5 rings (SSSR count). The van der Waals surface area contributed by atoms with E-state index in [1.54, 1.807) is 4.90 Å². The zero-order chi connectivity index (χ0) is 33.0. The Morgan fingerprint density at radius 1 is 1.13 bits per heavy atom. The lowest BCUT2D eigenvalue weighted by Gasteiger charge is -2.48. The highest BCUT2D eigenvalue weighted by molar-refractivity contribution is 8.00. The van der Waals surface area contributed by atoms with E-state index >= 15 is 0 Å². The molecule has 244 valence electrons. The van der Waals surface area contributed by atoms with E-state index in [2.05, 4.69) is 23.8 Å². The monoisotopic (exact) mass is 651 g/mol. The van der Waals surface area contributed by atoms with Gasteiger partial charge in [0.25, 0.3) is 5.91 Å². The Morgan fingerprint density at radius 2 is 1.85 bits per heavy atom. The van der Waals surface area contributed by atoms with Crippen molar-refractivity contribution in [3.05, 3.63) is 83.1 Å². The van der Waals surface area contributed by atoms with Gasteiger partial charge in [0.2, 0.25) is 5.91 Å². The average molecular weight is 652 g/mol. The Bertz CT molecular complexity index is 1510. The summed E-state index contributed by atoms with van der Waals surface area (Å²) in [6, 6.07) is 6.98. The molecule has 0 aromatic heterocycles. The van der Waals surface area contributed by atoms with Crippen molar-refractivity contribution in [2.75, 3.05) is 38.6 Å².